The highest BCUT2D eigenvalue weighted by molar-refractivity contribution is 9.10. The van der Waals surface area contributed by atoms with Crippen molar-refractivity contribution in [2.75, 3.05) is 44.6 Å². The van der Waals surface area contributed by atoms with E-state index >= 15 is 0 Å². The van der Waals surface area contributed by atoms with E-state index in [1.165, 1.54) is 25.9 Å². The minimum absolute atomic E-state index is 0.0459. The third kappa shape index (κ3) is 6.45. The standard InChI is InChI=1S/C23H35BrN4O2/c1-18-8-14-26(15-9-18)12-5-13-28(20-10-16-27(17-11-20)19(2)29)23(30)25-22-7-4-3-6-21(22)24/h3-4,6-7,18,20H,5,8-17H2,1-2H3,(H,25,30). The van der Waals surface area contributed by atoms with Crippen molar-refractivity contribution in [3.8, 4) is 0 Å². The Kier molecular flexibility index (Phi) is 8.57. The van der Waals surface area contributed by atoms with Crippen molar-refractivity contribution in [3.05, 3.63) is 28.7 Å². The molecule has 2 fully saturated rings. The van der Waals surface area contributed by atoms with Gasteiger partial charge in [0.15, 0.2) is 0 Å². The first-order chi connectivity index (χ1) is 14.4. The average molecular weight is 479 g/mol. The minimum Gasteiger partial charge on any atom is -0.343 e. The highest BCUT2D eigenvalue weighted by Crippen LogP contribution is 2.24. The van der Waals surface area contributed by atoms with Crippen LogP contribution in [0.2, 0.25) is 0 Å². The van der Waals surface area contributed by atoms with E-state index in [0.717, 1.165) is 61.5 Å². The second-order valence-electron chi connectivity index (χ2n) is 8.72. The second-order valence-corrected chi connectivity index (χ2v) is 9.57. The predicted molar refractivity (Wildman–Crippen MR) is 125 cm³/mol. The van der Waals surface area contributed by atoms with Gasteiger partial charge in [-0.2, -0.15) is 0 Å². The first kappa shape index (κ1) is 23.1. The van der Waals surface area contributed by atoms with Crippen molar-refractivity contribution < 1.29 is 9.59 Å². The number of urea groups is 1. The largest absolute Gasteiger partial charge is 0.343 e. The molecular formula is C23H35BrN4O2. The van der Waals surface area contributed by atoms with Gasteiger partial charge in [-0.3, -0.25) is 4.79 Å². The van der Waals surface area contributed by atoms with Crippen molar-refractivity contribution in [1.82, 2.24) is 14.7 Å². The van der Waals surface area contributed by atoms with E-state index in [-0.39, 0.29) is 18.0 Å². The first-order valence-electron chi connectivity index (χ1n) is 11.2. The van der Waals surface area contributed by atoms with E-state index in [4.69, 9.17) is 0 Å². The lowest BCUT2D eigenvalue weighted by Gasteiger charge is -2.39. The lowest BCUT2D eigenvalue weighted by molar-refractivity contribution is -0.130. The van der Waals surface area contributed by atoms with Crippen molar-refractivity contribution in [2.45, 2.75) is 52.0 Å². The zero-order valence-electron chi connectivity index (χ0n) is 18.3. The number of anilines is 1. The fourth-order valence-electron chi connectivity index (χ4n) is 4.44. The van der Waals surface area contributed by atoms with Crippen LogP contribution in [-0.4, -0.2) is 71.9 Å². The van der Waals surface area contributed by atoms with Crippen molar-refractivity contribution >= 4 is 33.6 Å². The Morgan fingerprint density at radius 1 is 1.10 bits per heavy atom. The molecule has 0 spiro atoms. The number of piperidine rings is 2. The molecule has 30 heavy (non-hydrogen) atoms. The minimum atomic E-state index is -0.0459. The molecule has 0 bridgehead atoms. The van der Waals surface area contributed by atoms with E-state index in [1.807, 2.05) is 34.1 Å². The number of para-hydroxylation sites is 1. The molecule has 2 aliphatic rings. The molecule has 3 amide bonds. The van der Waals surface area contributed by atoms with E-state index < -0.39 is 0 Å². The van der Waals surface area contributed by atoms with Gasteiger partial charge in [0.2, 0.25) is 5.91 Å². The zero-order valence-corrected chi connectivity index (χ0v) is 19.9. The van der Waals surface area contributed by atoms with Crippen LogP contribution in [0, 0.1) is 5.92 Å². The number of nitrogens with one attached hydrogen (secondary N) is 1. The average Bonchev–Trinajstić information content (AvgIpc) is 2.74. The Balaban J connectivity index is 1.60. The number of hydrogen-bond acceptors (Lipinski definition) is 3. The number of carbonyl (C=O) groups excluding carboxylic acids is 2. The normalized spacial score (nSPS) is 19.0. The van der Waals surface area contributed by atoms with Crippen LogP contribution in [-0.2, 0) is 4.79 Å². The molecule has 1 N–H and O–H groups in total. The molecule has 0 saturated carbocycles. The maximum Gasteiger partial charge on any atom is 0.322 e. The maximum absolute atomic E-state index is 13.2. The number of halogens is 1. The van der Waals surface area contributed by atoms with Gasteiger partial charge >= 0.3 is 6.03 Å². The quantitative estimate of drug-likeness (QED) is 0.658. The zero-order chi connectivity index (χ0) is 21.5. The third-order valence-corrected chi connectivity index (χ3v) is 7.17. The molecule has 7 heteroatoms. The Morgan fingerprint density at radius 3 is 2.40 bits per heavy atom. The van der Waals surface area contributed by atoms with Gasteiger partial charge in [-0.25, -0.2) is 4.79 Å². The number of rotatable bonds is 6. The fraction of sp³-hybridized carbons (Fsp3) is 0.652. The molecule has 0 aliphatic carbocycles. The summed E-state index contributed by atoms with van der Waals surface area (Å²) in [7, 11) is 0. The molecule has 2 saturated heterocycles. The summed E-state index contributed by atoms with van der Waals surface area (Å²) in [4.78, 5) is 31.3. The summed E-state index contributed by atoms with van der Waals surface area (Å²) in [6, 6.07) is 7.83. The van der Waals surface area contributed by atoms with E-state index in [2.05, 4.69) is 33.1 Å². The van der Waals surface area contributed by atoms with Gasteiger partial charge < -0.3 is 20.0 Å². The molecule has 1 aromatic rings. The highest BCUT2D eigenvalue weighted by Gasteiger charge is 2.29. The molecule has 0 radical (unpaired) electrons. The van der Waals surface area contributed by atoms with Crippen LogP contribution in [0.1, 0.15) is 46.0 Å². The molecule has 0 aromatic heterocycles. The second kappa shape index (κ2) is 11.1. The molecule has 3 rings (SSSR count). The van der Waals surface area contributed by atoms with E-state index in [0.29, 0.717) is 0 Å². The van der Waals surface area contributed by atoms with Gasteiger partial charge in [0.25, 0.3) is 0 Å². The van der Waals surface area contributed by atoms with Crippen LogP contribution < -0.4 is 5.32 Å². The molecule has 166 valence electrons. The maximum atomic E-state index is 13.2. The molecule has 6 nitrogen and oxygen atoms in total. The lowest BCUT2D eigenvalue weighted by atomic mass is 9.99. The van der Waals surface area contributed by atoms with Crippen LogP contribution in [0.25, 0.3) is 0 Å². The number of likely N-dealkylation sites (tertiary alicyclic amines) is 2. The molecule has 1 aromatic carbocycles. The van der Waals surface area contributed by atoms with Crippen LogP contribution >= 0.6 is 15.9 Å². The van der Waals surface area contributed by atoms with E-state index in [9.17, 15) is 9.59 Å². The Hall–Kier alpha value is -1.60. The van der Waals surface area contributed by atoms with Crippen molar-refractivity contribution in [3.63, 3.8) is 0 Å². The van der Waals surface area contributed by atoms with Crippen LogP contribution in [0.5, 0.6) is 0 Å². The monoisotopic (exact) mass is 478 g/mol. The summed E-state index contributed by atoms with van der Waals surface area (Å²) in [5.41, 5.74) is 0.790. The molecular weight excluding hydrogens is 444 g/mol. The number of amides is 3. The van der Waals surface area contributed by atoms with Gasteiger partial charge in [-0.1, -0.05) is 19.1 Å². The first-order valence-corrected chi connectivity index (χ1v) is 12.0. The summed E-state index contributed by atoms with van der Waals surface area (Å²) in [6.45, 7) is 9.52. The fourth-order valence-corrected chi connectivity index (χ4v) is 4.83. The predicted octanol–water partition coefficient (Wildman–Crippen LogP) is 4.42. The SMILES string of the molecule is CC(=O)N1CCC(N(CCCN2CCC(C)CC2)C(=O)Nc2ccccc2Br)CC1. The van der Waals surface area contributed by atoms with Gasteiger partial charge in [-0.15, -0.1) is 0 Å². The molecule has 2 heterocycles. The summed E-state index contributed by atoms with van der Waals surface area (Å²) >= 11 is 3.52. The Labute approximate surface area is 189 Å². The van der Waals surface area contributed by atoms with Gasteiger partial charge in [0, 0.05) is 37.1 Å². The van der Waals surface area contributed by atoms with Gasteiger partial charge in [0.1, 0.15) is 0 Å². The summed E-state index contributed by atoms with van der Waals surface area (Å²) in [5.74, 6) is 0.955. The molecule has 0 unspecified atom stereocenters. The van der Waals surface area contributed by atoms with Crippen molar-refractivity contribution in [2.24, 2.45) is 5.92 Å². The van der Waals surface area contributed by atoms with Gasteiger partial charge in [-0.05, 0) is 85.7 Å². The lowest BCUT2D eigenvalue weighted by Crippen LogP contribution is -2.50. The Morgan fingerprint density at radius 2 is 1.77 bits per heavy atom. The van der Waals surface area contributed by atoms with Crippen molar-refractivity contribution in [1.29, 1.82) is 0 Å². The smallest absolute Gasteiger partial charge is 0.322 e. The van der Waals surface area contributed by atoms with Gasteiger partial charge in [0.05, 0.1) is 5.69 Å². The van der Waals surface area contributed by atoms with E-state index in [1.54, 1.807) is 6.92 Å². The summed E-state index contributed by atoms with van der Waals surface area (Å²) < 4.78 is 0.882. The van der Waals surface area contributed by atoms with Crippen LogP contribution in [0.4, 0.5) is 10.5 Å². The Bertz CT molecular complexity index is 713. The van der Waals surface area contributed by atoms with Crippen LogP contribution in [0.15, 0.2) is 28.7 Å². The summed E-state index contributed by atoms with van der Waals surface area (Å²) in [6.07, 6.45) is 5.20. The topological polar surface area (TPSA) is 55.9 Å². The summed E-state index contributed by atoms with van der Waals surface area (Å²) in [5, 5.41) is 3.08. The number of nitrogens with zero attached hydrogens (tertiary/aromatic N) is 3. The highest BCUT2D eigenvalue weighted by atomic mass is 79.9. The number of hydrogen-bond donors (Lipinski definition) is 1. The molecule has 0 atom stereocenters. The third-order valence-electron chi connectivity index (χ3n) is 6.48. The number of carbonyl (C=O) groups is 2. The molecule has 2 aliphatic heterocycles. The van der Waals surface area contributed by atoms with Crippen LogP contribution in [0.3, 0.4) is 0 Å². The number of benzene rings is 1.